The number of hydrogen-bond donors (Lipinski definition) is 0. The molecule has 0 bridgehead atoms. The zero-order valence-corrected chi connectivity index (χ0v) is 17.5. The fraction of sp³-hybridized carbons (Fsp3) is 0.125. The molecule has 0 N–H and O–H groups in total. The van der Waals surface area contributed by atoms with E-state index in [1.165, 1.54) is 4.57 Å². The lowest BCUT2D eigenvalue weighted by atomic mass is 10.1. The Labute approximate surface area is 182 Å². The predicted molar refractivity (Wildman–Crippen MR) is 120 cm³/mol. The summed E-state index contributed by atoms with van der Waals surface area (Å²) >= 11 is 0. The highest BCUT2D eigenvalue weighted by atomic mass is 16.5. The van der Waals surface area contributed by atoms with Gasteiger partial charge in [0.15, 0.2) is 11.2 Å². The highest BCUT2D eigenvalue weighted by molar-refractivity contribution is 5.89. The molecule has 5 rings (SSSR count). The van der Waals surface area contributed by atoms with Crippen molar-refractivity contribution in [3.63, 3.8) is 0 Å². The molecule has 0 aliphatic rings. The summed E-state index contributed by atoms with van der Waals surface area (Å²) < 4.78 is 8.13. The third-order valence-electron chi connectivity index (χ3n) is 5.27. The molecular weight excluding hydrogens is 406 g/mol. The number of ether oxygens (including phenoxy) is 1. The number of carbonyl (C=O) groups is 1. The second-order valence-corrected chi connectivity index (χ2v) is 7.25. The average Bonchev–Trinajstić information content (AvgIpc) is 3.16. The molecule has 32 heavy (non-hydrogen) atoms. The number of nitrogens with zero attached hydrogens (tertiary/aromatic N) is 5. The molecule has 0 amide bonds. The van der Waals surface area contributed by atoms with Crippen molar-refractivity contribution in [1.82, 2.24) is 24.4 Å². The van der Waals surface area contributed by atoms with Crippen LogP contribution in [0, 0.1) is 6.92 Å². The minimum Gasteiger partial charge on any atom is -0.462 e. The van der Waals surface area contributed by atoms with Crippen molar-refractivity contribution >= 4 is 22.6 Å². The summed E-state index contributed by atoms with van der Waals surface area (Å²) in [7, 11) is 0. The van der Waals surface area contributed by atoms with Gasteiger partial charge in [-0.25, -0.2) is 9.31 Å². The standard InChI is InChI=1S/C24H19N5O3/c1-3-32-24(31)17-9-11-18(12-10-17)28-14-13-19-21(23(28)30)25-26-22-20(15(2)27-29(19)22)16-7-5-4-6-8-16/h4-14H,3H2,1-2H3. The number of benzene rings is 2. The highest BCUT2D eigenvalue weighted by Gasteiger charge is 2.17. The highest BCUT2D eigenvalue weighted by Crippen LogP contribution is 2.27. The normalized spacial score (nSPS) is 11.2. The first-order valence-corrected chi connectivity index (χ1v) is 10.2. The van der Waals surface area contributed by atoms with Gasteiger partial charge in [0, 0.05) is 11.9 Å². The zero-order valence-electron chi connectivity index (χ0n) is 17.5. The van der Waals surface area contributed by atoms with Gasteiger partial charge in [0.25, 0.3) is 5.56 Å². The molecule has 0 fully saturated rings. The van der Waals surface area contributed by atoms with Crippen LogP contribution in [-0.4, -0.2) is 37.0 Å². The molecule has 0 saturated heterocycles. The summed E-state index contributed by atoms with van der Waals surface area (Å²) in [5.74, 6) is -0.401. The van der Waals surface area contributed by atoms with Gasteiger partial charge in [-0.05, 0) is 49.7 Å². The second kappa shape index (κ2) is 7.73. The van der Waals surface area contributed by atoms with E-state index in [-0.39, 0.29) is 11.1 Å². The zero-order chi connectivity index (χ0) is 22.2. The molecule has 3 heterocycles. The Morgan fingerprint density at radius 3 is 2.47 bits per heavy atom. The van der Waals surface area contributed by atoms with Crippen LogP contribution in [0.15, 0.2) is 71.7 Å². The summed E-state index contributed by atoms with van der Waals surface area (Å²) in [6.45, 7) is 3.97. The number of carbonyl (C=O) groups excluding carboxylic acids is 1. The van der Waals surface area contributed by atoms with Crippen LogP contribution in [-0.2, 0) is 4.74 Å². The van der Waals surface area contributed by atoms with Crippen LogP contribution in [0.5, 0.6) is 0 Å². The summed E-state index contributed by atoms with van der Waals surface area (Å²) in [5, 5.41) is 13.2. The van der Waals surface area contributed by atoms with E-state index >= 15 is 0 Å². The van der Waals surface area contributed by atoms with Crippen molar-refractivity contribution < 1.29 is 9.53 Å². The van der Waals surface area contributed by atoms with Crippen molar-refractivity contribution in [1.29, 1.82) is 0 Å². The van der Waals surface area contributed by atoms with Gasteiger partial charge >= 0.3 is 5.97 Å². The van der Waals surface area contributed by atoms with Gasteiger partial charge < -0.3 is 4.74 Å². The van der Waals surface area contributed by atoms with Gasteiger partial charge in [0.2, 0.25) is 0 Å². The smallest absolute Gasteiger partial charge is 0.338 e. The van der Waals surface area contributed by atoms with Crippen LogP contribution >= 0.6 is 0 Å². The first kappa shape index (κ1) is 19.6. The Morgan fingerprint density at radius 2 is 1.75 bits per heavy atom. The van der Waals surface area contributed by atoms with E-state index in [1.807, 2.05) is 37.3 Å². The molecule has 2 aromatic carbocycles. The molecule has 0 spiro atoms. The molecule has 0 radical (unpaired) electrons. The Morgan fingerprint density at radius 1 is 1.00 bits per heavy atom. The van der Waals surface area contributed by atoms with Crippen molar-refractivity contribution in [2.75, 3.05) is 6.61 Å². The first-order valence-electron chi connectivity index (χ1n) is 10.2. The minimum absolute atomic E-state index is 0.205. The lowest BCUT2D eigenvalue weighted by molar-refractivity contribution is 0.0526. The summed E-state index contributed by atoms with van der Waals surface area (Å²) in [4.78, 5) is 25.1. The van der Waals surface area contributed by atoms with E-state index in [0.29, 0.717) is 29.0 Å². The Balaban J connectivity index is 1.63. The van der Waals surface area contributed by atoms with Crippen LogP contribution in [0.3, 0.4) is 0 Å². The largest absolute Gasteiger partial charge is 0.462 e. The van der Waals surface area contributed by atoms with Crippen LogP contribution in [0.1, 0.15) is 23.0 Å². The number of aryl methyl sites for hydroxylation is 1. The summed E-state index contributed by atoms with van der Waals surface area (Å²) in [6, 6.07) is 18.3. The SMILES string of the molecule is CCOC(=O)c1ccc(-n2ccc3c(nnc4c(-c5ccccc5)c(C)nn43)c2=O)cc1. The van der Waals surface area contributed by atoms with Crippen molar-refractivity contribution in [3.05, 3.63) is 88.5 Å². The van der Waals surface area contributed by atoms with Crippen molar-refractivity contribution in [2.45, 2.75) is 13.8 Å². The number of pyridine rings is 1. The van der Waals surface area contributed by atoms with E-state index in [1.54, 1.807) is 48.0 Å². The Bertz CT molecular complexity index is 1520. The average molecular weight is 425 g/mol. The van der Waals surface area contributed by atoms with Crippen LogP contribution < -0.4 is 5.56 Å². The number of esters is 1. The molecule has 0 saturated carbocycles. The molecule has 3 aromatic heterocycles. The third kappa shape index (κ3) is 3.13. The van der Waals surface area contributed by atoms with Crippen LogP contribution in [0.2, 0.25) is 0 Å². The van der Waals surface area contributed by atoms with Gasteiger partial charge in [-0.1, -0.05) is 30.3 Å². The Kier molecular flexibility index (Phi) is 4.74. The van der Waals surface area contributed by atoms with E-state index in [9.17, 15) is 9.59 Å². The molecule has 0 aliphatic heterocycles. The topological polar surface area (TPSA) is 91.4 Å². The van der Waals surface area contributed by atoms with Crippen LogP contribution in [0.25, 0.3) is 33.5 Å². The monoisotopic (exact) mass is 425 g/mol. The van der Waals surface area contributed by atoms with Gasteiger partial charge in [0.05, 0.1) is 23.4 Å². The van der Waals surface area contributed by atoms with E-state index in [2.05, 4.69) is 15.3 Å². The van der Waals surface area contributed by atoms with E-state index in [0.717, 1.165) is 16.8 Å². The maximum Gasteiger partial charge on any atom is 0.338 e. The van der Waals surface area contributed by atoms with Gasteiger partial charge in [0.1, 0.15) is 5.52 Å². The third-order valence-corrected chi connectivity index (χ3v) is 5.27. The number of aromatic nitrogens is 5. The number of rotatable bonds is 4. The fourth-order valence-corrected chi connectivity index (χ4v) is 3.77. The van der Waals surface area contributed by atoms with Gasteiger partial charge in [-0.3, -0.25) is 9.36 Å². The maximum atomic E-state index is 13.2. The van der Waals surface area contributed by atoms with Crippen LogP contribution in [0.4, 0.5) is 0 Å². The second-order valence-electron chi connectivity index (χ2n) is 7.25. The molecule has 5 aromatic rings. The molecule has 8 heteroatoms. The van der Waals surface area contributed by atoms with Crippen molar-refractivity contribution in [3.8, 4) is 16.8 Å². The summed E-state index contributed by atoms with van der Waals surface area (Å²) in [5.41, 5.74) is 4.76. The minimum atomic E-state index is -0.401. The lowest BCUT2D eigenvalue weighted by Gasteiger charge is -2.08. The van der Waals surface area contributed by atoms with Crippen molar-refractivity contribution in [2.24, 2.45) is 0 Å². The van der Waals surface area contributed by atoms with E-state index in [4.69, 9.17) is 4.74 Å². The fourth-order valence-electron chi connectivity index (χ4n) is 3.77. The Hall–Kier alpha value is -4.33. The molecule has 0 aliphatic carbocycles. The van der Waals surface area contributed by atoms with Gasteiger partial charge in [-0.15, -0.1) is 10.2 Å². The van der Waals surface area contributed by atoms with Gasteiger partial charge in [-0.2, -0.15) is 5.10 Å². The molecule has 158 valence electrons. The van der Waals surface area contributed by atoms with E-state index < -0.39 is 5.97 Å². The quantitative estimate of drug-likeness (QED) is 0.409. The lowest BCUT2D eigenvalue weighted by Crippen LogP contribution is -2.20. The predicted octanol–water partition coefficient (Wildman–Crippen LogP) is 3.58. The molecule has 0 atom stereocenters. The molecule has 8 nitrogen and oxygen atoms in total. The summed E-state index contributed by atoms with van der Waals surface area (Å²) in [6.07, 6.45) is 1.67. The number of fused-ring (bicyclic) bond motifs is 3. The molecule has 0 unspecified atom stereocenters. The molecular formula is C24H19N5O3. The number of hydrogen-bond acceptors (Lipinski definition) is 6. The maximum absolute atomic E-state index is 13.2. The first-order chi connectivity index (χ1) is 15.6.